The van der Waals surface area contributed by atoms with Crippen LogP contribution < -0.4 is 4.90 Å². The predicted molar refractivity (Wildman–Crippen MR) is 220 cm³/mol. The minimum Gasteiger partial charge on any atom is -0.310 e. The van der Waals surface area contributed by atoms with Crippen LogP contribution in [0.25, 0.3) is 55.6 Å². The zero-order valence-electron chi connectivity index (χ0n) is 29.5. The number of rotatable bonds is 7. The maximum Gasteiger partial charge on any atom is 0.0540 e. The molecule has 8 aromatic carbocycles. The second-order valence-electron chi connectivity index (χ2n) is 14.2. The van der Waals surface area contributed by atoms with Crippen LogP contribution in [0, 0.1) is 0 Å². The summed E-state index contributed by atoms with van der Waals surface area (Å²) < 4.78 is 0. The fourth-order valence-corrected chi connectivity index (χ4v) is 8.04. The Morgan fingerprint density at radius 3 is 1.42 bits per heavy atom. The van der Waals surface area contributed by atoms with E-state index >= 15 is 0 Å². The van der Waals surface area contributed by atoms with Crippen molar-refractivity contribution in [3.63, 3.8) is 0 Å². The van der Waals surface area contributed by atoms with Crippen LogP contribution in [-0.4, -0.2) is 0 Å². The monoisotopic (exact) mass is 665 g/mol. The van der Waals surface area contributed by atoms with Gasteiger partial charge in [0.15, 0.2) is 0 Å². The van der Waals surface area contributed by atoms with Gasteiger partial charge in [-0.05, 0) is 97.6 Å². The summed E-state index contributed by atoms with van der Waals surface area (Å²) in [5, 5.41) is 0. The van der Waals surface area contributed by atoms with Gasteiger partial charge in [0.25, 0.3) is 0 Å². The fourth-order valence-electron chi connectivity index (χ4n) is 8.04. The van der Waals surface area contributed by atoms with Gasteiger partial charge in [-0.2, -0.15) is 0 Å². The minimum absolute atomic E-state index is 0.113. The fraction of sp³-hybridized carbons (Fsp3) is 0.0588. The van der Waals surface area contributed by atoms with Crippen LogP contribution in [0.1, 0.15) is 25.0 Å². The highest BCUT2D eigenvalue weighted by molar-refractivity contribution is 5.94. The van der Waals surface area contributed by atoms with E-state index in [-0.39, 0.29) is 5.41 Å². The van der Waals surface area contributed by atoms with Gasteiger partial charge in [-0.1, -0.05) is 178 Å². The first kappa shape index (κ1) is 31.5. The Balaban J connectivity index is 1.25. The molecule has 1 heteroatoms. The van der Waals surface area contributed by atoms with Crippen molar-refractivity contribution in [2.75, 3.05) is 4.90 Å². The van der Waals surface area contributed by atoms with Crippen molar-refractivity contribution in [2.24, 2.45) is 0 Å². The predicted octanol–water partition coefficient (Wildman–Crippen LogP) is 14.1. The van der Waals surface area contributed by atoms with E-state index in [2.05, 4.69) is 219 Å². The normalized spacial score (nSPS) is 12.6. The van der Waals surface area contributed by atoms with E-state index in [0.29, 0.717) is 0 Å². The first-order chi connectivity index (χ1) is 25.6. The molecule has 0 saturated carbocycles. The maximum atomic E-state index is 2.45. The third-order valence-electron chi connectivity index (χ3n) is 10.7. The minimum atomic E-state index is -0.113. The molecular formula is C51H39N. The van der Waals surface area contributed by atoms with E-state index in [4.69, 9.17) is 0 Å². The Hall–Kier alpha value is -6.44. The molecule has 0 atom stereocenters. The zero-order chi connectivity index (χ0) is 35.1. The van der Waals surface area contributed by atoms with Gasteiger partial charge in [-0.3, -0.25) is 0 Å². The first-order valence-corrected chi connectivity index (χ1v) is 18.1. The highest BCUT2D eigenvalue weighted by Gasteiger charge is 2.36. The number of nitrogens with zero attached hydrogens (tertiary/aromatic N) is 1. The van der Waals surface area contributed by atoms with Crippen LogP contribution in [0.3, 0.4) is 0 Å². The third kappa shape index (κ3) is 5.52. The zero-order valence-corrected chi connectivity index (χ0v) is 29.5. The smallest absolute Gasteiger partial charge is 0.0540 e. The number of benzene rings is 8. The Bertz CT molecular complexity index is 2510. The Kier molecular flexibility index (Phi) is 7.90. The number of hydrogen-bond acceptors (Lipinski definition) is 1. The van der Waals surface area contributed by atoms with Gasteiger partial charge in [0, 0.05) is 22.4 Å². The highest BCUT2D eigenvalue weighted by atomic mass is 15.1. The molecule has 0 N–H and O–H groups in total. The van der Waals surface area contributed by atoms with E-state index in [1.54, 1.807) is 0 Å². The molecule has 0 aromatic heterocycles. The summed E-state index contributed by atoms with van der Waals surface area (Å²) in [6.45, 7) is 4.71. The Labute approximate surface area is 307 Å². The van der Waals surface area contributed by atoms with Crippen LogP contribution >= 0.6 is 0 Å². The standard InChI is InChI=1S/C51H39N/c1-51(2)48-25-15-14-24-45(48)46-32-31-42(35-49(46)51)52(41-29-26-37(27-30-41)36-16-6-3-7-17-36)50-33-28-40(34-47(50)39-20-10-5-11-21-39)44-23-13-12-22-43(44)38-18-8-4-9-19-38/h3-35H,1-2H3. The SMILES string of the molecule is CC1(C)c2ccccc2-c2ccc(N(c3ccc(-c4ccccc4)cc3)c3ccc(-c4ccccc4-c4ccccc4)cc3-c3ccccc3)cc21. The van der Waals surface area contributed by atoms with E-state index in [0.717, 1.165) is 17.1 Å². The molecule has 9 rings (SSSR count). The molecule has 1 aliphatic carbocycles. The maximum absolute atomic E-state index is 2.45. The molecule has 0 unspecified atom stereocenters. The van der Waals surface area contributed by atoms with Gasteiger partial charge in [-0.25, -0.2) is 0 Å². The third-order valence-corrected chi connectivity index (χ3v) is 10.7. The van der Waals surface area contributed by atoms with Crippen molar-refractivity contribution in [3.05, 3.63) is 211 Å². The molecule has 52 heavy (non-hydrogen) atoms. The summed E-state index contributed by atoms with van der Waals surface area (Å²) in [4.78, 5) is 2.45. The molecule has 0 radical (unpaired) electrons. The largest absolute Gasteiger partial charge is 0.310 e. The molecule has 248 valence electrons. The summed E-state index contributed by atoms with van der Waals surface area (Å²) in [7, 11) is 0. The molecule has 0 spiro atoms. The van der Waals surface area contributed by atoms with Crippen LogP contribution in [0.5, 0.6) is 0 Å². The molecular weight excluding hydrogens is 627 g/mol. The van der Waals surface area contributed by atoms with E-state index in [1.165, 1.54) is 66.8 Å². The van der Waals surface area contributed by atoms with Crippen molar-refractivity contribution < 1.29 is 0 Å². The van der Waals surface area contributed by atoms with Crippen molar-refractivity contribution in [2.45, 2.75) is 19.3 Å². The highest BCUT2D eigenvalue weighted by Crippen LogP contribution is 2.51. The summed E-state index contributed by atoms with van der Waals surface area (Å²) in [5.74, 6) is 0. The van der Waals surface area contributed by atoms with Crippen LogP contribution in [0.2, 0.25) is 0 Å². The molecule has 0 bridgehead atoms. The van der Waals surface area contributed by atoms with E-state index < -0.39 is 0 Å². The van der Waals surface area contributed by atoms with Crippen LogP contribution in [-0.2, 0) is 5.41 Å². The molecule has 0 saturated heterocycles. The molecule has 0 aliphatic heterocycles. The molecule has 0 fully saturated rings. The van der Waals surface area contributed by atoms with Crippen molar-refractivity contribution in [1.29, 1.82) is 0 Å². The molecule has 0 amide bonds. The molecule has 8 aromatic rings. The van der Waals surface area contributed by atoms with Gasteiger partial charge < -0.3 is 4.90 Å². The lowest BCUT2D eigenvalue weighted by molar-refractivity contribution is 0.660. The summed E-state index contributed by atoms with van der Waals surface area (Å²) in [6, 6.07) is 72.8. The average molecular weight is 666 g/mol. The lowest BCUT2D eigenvalue weighted by atomic mass is 9.82. The lowest BCUT2D eigenvalue weighted by Crippen LogP contribution is -2.17. The Morgan fingerprint density at radius 2 is 0.769 bits per heavy atom. The Morgan fingerprint density at radius 1 is 0.308 bits per heavy atom. The summed E-state index contributed by atoms with van der Waals surface area (Å²) >= 11 is 0. The average Bonchev–Trinajstić information content (AvgIpc) is 3.45. The van der Waals surface area contributed by atoms with Crippen molar-refractivity contribution in [3.8, 4) is 55.6 Å². The quantitative estimate of drug-likeness (QED) is 0.164. The van der Waals surface area contributed by atoms with Crippen molar-refractivity contribution >= 4 is 17.1 Å². The summed E-state index contributed by atoms with van der Waals surface area (Å²) in [6.07, 6.45) is 0. The summed E-state index contributed by atoms with van der Waals surface area (Å²) in [5.41, 5.74) is 18.3. The lowest BCUT2D eigenvalue weighted by Gasteiger charge is -2.30. The van der Waals surface area contributed by atoms with Gasteiger partial charge >= 0.3 is 0 Å². The van der Waals surface area contributed by atoms with Gasteiger partial charge in [0.1, 0.15) is 0 Å². The number of hydrogen-bond donors (Lipinski definition) is 0. The van der Waals surface area contributed by atoms with E-state index in [9.17, 15) is 0 Å². The van der Waals surface area contributed by atoms with Crippen LogP contribution in [0.15, 0.2) is 200 Å². The number of fused-ring (bicyclic) bond motifs is 3. The number of anilines is 3. The van der Waals surface area contributed by atoms with Gasteiger partial charge in [-0.15, -0.1) is 0 Å². The molecule has 1 nitrogen and oxygen atoms in total. The van der Waals surface area contributed by atoms with Gasteiger partial charge in [0.05, 0.1) is 5.69 Å². The first-order valence-electron chi connectivity index (χ1n) is 18.1. The van der Waals surface area contributed by atoms with E-state index in [1.807, 2.05) is 0 Å². The molecule has 0 heterocycles. The molecule has 1 aliphatic rings. The topological polar surface area (TPSA) is 3.24 Å². The second kappa shape index (κ2) is 13.0. The second-order valence-corrected chi connectivity index (χ2v) is 14.2. The van der Waals surface area contributed by atoms with Gasteiger partial charge in [0.2, 0.25) is 0 Å². The van der Waals surface area contributed by atoms with Crippen molar-refractivity contribution in [1.82, 2.24) is 0 Å². The van der Waals surface area contributed by atoms with Crippen LogP contribution in [0.4, 0.5) is 17.1 Å².